The second kappa shape index (κ2) is 3.10. The van der Waals surface area contributed by atoms with Crippen molar-refractivity contribution in [3.63, 3.8) is 0 Å². The summed E-state index contributed by atoms with van der Waals surface area (Å²) in [6.45, 7) is 3.66. The summed E-state index contributed by atoms with van der Waals surface area (Å²) in [4.78, 5) is 0. The molecule has 8 heavy (non-hydrogen) atoms. The number of hydrogen-bond acceptors (Lipinski definition) is 2. The van der Waals surface area contributed by atoms with Gasteiger partial charge >= 0.3 is 7.12 Å². The maximum absolute atomic E-state index is 5.18. The average Bonchev–Trinajstić information content (AvgIpc) is 1.94. The second-order valence-corrected chi connectivity index (χ2v) is 2.02. The van der Waals surface area contributed by atoms with Crippen LogP contribution in [0.5, 0.6) is 0 Å². The molecule has 1 rings (SSSR count). The fourth-order valence-electron chi connectivity index (χ4n) is 0.751. The van der Waals surface area contributed by atoms with Crippen molar-refractivity contribution in [2.24, 2.45) is 0 Å². The molecule has 2 nitrogen and oxygen atoms in total. The molecule has 0 radical (unpaired) electrons. The van der Waals surface area contributed by atoms with Crippen molar-refractivity contribution in [2.75, 3.05) is 13.2 Å². The van der Waals surface area contributed by atoms with E-state index < -0.39 is 0 Å². The molecule has 1 heterocycles. The van der Waals surface area contributed by atoms with E-state index in [9.17, 15) is 0 Å². The quantitative estimate of drug-likeness (QED) is 0.436. The van der Waals surface area contributed by atoms with Crippen molar-refractivity contribution in [1.82, 2.24) is 0 Å². The first-order chi connectivity index (χ1) is 3.89. The minimum Gasteiger partial charge on any atom is -0.411 e. The van der Waals surface area contributed by atoms with Crippen LogP contribution >= 0.6 is 0 Å². The molecular weight excluding hydrogens is 103 g/mol. The fourth-order valence-corrected chi connectivity index (χ4v) is 0.751. The molecule has 1 aliphatic rings. The Morgan fingerprint density at radius 1 is 1.12 bits per heavy atom. The predicted molar refractivity (Wildman–Crippen MR) is 32.8 cm³/mol. The van der Waals surface area contributed by atoms with Crippen molar-refractivity contribution in [3.05, 3.63) is 0 Å². The molecule has 3 heteroatoms. The van der Waals surface area contributed by atoms with Crippen LogP contribution in [0.25, 0.3) is 0 Å². The molecule has 1 saturated heterocycles. The SMILES string of the molecule is CB1OCCCCO1. The zero-order valence-electron chi connectivity index (χ0n) is 5.22. The molecule has 0 spiro atoms. The first kappa shape index (κ1) is 6.11. The molecule has 0 aromatic carbocycles. The van der Waals surface area contributed by atoms with Gasteiger partial charge in [-0.25, -0.2) is 0 Å². The maximum atomic E-state index is 5.18. The van der Waals surface area contributed by atoms with E-state index in [1.54, 1.807) is 0 Å². The Balaban J connectivity index is 2.17. The molecule has 1 aliphatic heterocycles. The third-order valence-corrected chi connectivity index (χ3v) is 1.24. The van der Waals surface area contributed by atoms with E-state index in [1.807, 2.05) is 6.82 Å². The van der Waals surface area contributed by atoms with Crippen molar-refractivity contribution >= 4 is 7.12 Å². The molecule has 0 unspecified atom stereocenters. The zero-order chi connectivity index (χ0) is 5.82. The lowest BCUT2D eigenvalue weighted by atomic mass is 9.96. The van der Waals surface area contributed by atoms with Gasteiger partial charge in [0.1, 0.15) is 0 Å². The van der Waals surface area contributed by atoms with Crippen molar-refractivity contribution in [1.29, 1.82) is 0 Å². The summed E-state index contributed by atoms with van der Waals surface area (Å²) in [5.41, 5.74) is 0. The molecule has 0 amide bonds. The molecular formula is C5H11BO2. The smallest absolute Gasteiger partial charge is 0.411 e. The van der Waals surface area contributed by atoms with Crippen LogP contribution in [0.1, 0.15) is 12.8 Å². The summed E-state index contributed by atoms with van der Waals surface area (Å²) >= 11 is 0. The van der Waals surface area contributed by atoms with Gasteiger partial charge in [0.05, 0.1) is 0 Å². The topological polar surface area (TPSA) is 18.5 Å². The van der Waals surface area contributed by atoms with Crippen LogP contribution < -0.4 is 0 Å². The van der Waals surface area contributed by atoms with Gasteiger partial charge in [-0.05, 0) is 19.7 Å². The van der Waals surface area contributed by atoms with E-state index in [4.69, 9.17) is 9.31 Å². The van der Waals surface area contributed by atoms with Crippen molar-refractivity contribution in [3.8, 4) is 0 Å². The highest BCUT2D eigenvalue weighted by molar-refractivity contribution is 6.42. The predicted octanol–water partition coefficient (Wildman–Crippen LogP) is 0.931. The lowest BCUT2D eigenvalue weighted by Gasteiger charge is -2.01. The summed E-state index contributed by atoms with van der Waals surface area (Å²) in [6, 6.07) is 0. The molecule has 0 aliphatic carbocycles. The van der Waals surface area contributed by atoms with E-state index in [2.05, 4.69) is 0 Å². The van der Waals surface area contributed by atoms with Gasteiger partial charge in [-0.2, -0.15) is 0 Å². The number of rotatable bonds is 0. The molecule has 0 bridgehead atoms. The fraction of sp³-hybridized carbons (Fsp3) is 1.00. The zero-order valence-corrected chi connectivity index (χ0v) is 5.22. The summed E-state index contributed by atoms with van der Waals surface area (Å²) < 4.78 is 10.4. The molecule has 0 N–H and O–H groups in total. The van der Waals surface area contributed by atoms with Gasteiger partial charge in [0.2, 0.25) is 0 Å². The lowest BCUT2D eigenvalue weighted by molar-refractivity contribution is 0.241. The Labute approximate surface area is 50.3 Å². The molecule has 0 saturated carbocycles. The highest BCUT2D eigenvalue weighted by atomic mass is 16.6. The summed E-state index contributed by atoms with van der Waals surface area (Å²) in [5.74, 6) is 0. The Morgan fingerprint density at radius 2 is 1.62 bits per heavy atom. The van der Waals surface area contributed by atoms with E-state index in [-0.39, 0.29) is 7.12 Å². The Bertz CT molecular complexity index is 59.4. The molecule has 0 aromatic rings. The molecule has 1 fully saturated rings. The van der Waals surface area contributed by atoms with Crippen LogP contribution in [0.2, 0.25) is 6.82 Å². The van der Waals surface area contributed by atoms with E-state index in [0.717, 1.165) is 26.1 Å². The molecule has 0 aromatic heterocycles. The van der Waals surface area contributed by atoms with Gasteiger partial charge in [0.25, 0.3) is 0 Å². The van der Waals surface area contributed by atoms with Gasteiger partial charge in [-0.1, -0.05) is 0 Å². The molecule has 46 valence electrons. The normalized spacial score (nSPS) is 22.9. The van der Waals surface area contributed by atoms with Gasteiger partial charge in [-0.3, -0.25) is 0 Å². The first-order valence-corrected chi connectivity index (χ1v) is 3.13. The van der Waals surface area contributed by atoms with Crippen molar-refractivity contribution in [2.45, 2.75) is 19.7 Å². The monoisotopic (exact) mass is 114 g/mol. The van der Waals surface area contributed by atoms with E-state index in [1.165, 1.54) is 0 Å². The van der Waals surface area contributed by atoms with E-state index in [0.29, 0.717) is 0 Å². The average molecular weight is 114 g/mol. The van der Waals surface area contributed by atoms with Gasteiger partial charge in [-0.15, -0.1) is 0 Å². The van der Waals surface area contributed by atoms with Crippen LogP contribution in [0.3, 0.4) is 0 Å². The number of hydrogen-bond donors (Lipinski definition) is 0. The Morgan fingerprint density at radius 3 is 2.12 bits per heavy atom. The first-order valence-electron chi connectivity index (χ1n) is 3.13. The van der Waals surface area contributed by atoms with Crippen LogP contribution in [-0.4, -0.2) is 20.3 Å². The van der Waals surface area contributed by atoms with E-state index >= 15 is 0 Å². The minimum absolute atomic E-state index is 0.0255. The molecule has 0 atom stereocenters. The van der Waals surface area contributed by atoms with Gasteiger partial charge in [0, 0.05) is 13.2 Å². The highest BCUT2D eigenvalue weighted by Gasteiger charge is 2.11. The lowest BCUT2D eigenvalue weighted by Crippen LogP contribution is -2.15. The standard InChI is InChI=1S/C5H11BO2/c1-6-7-4-2-3-5-8-6/h2-5H2,1H3. The highest BCUT2D eigenvalue weighted by Crippen LogP contribution is 2.00. The summed E-state index contributed by atoms with van der Waals surface area (Å²) in [7, 11) is 0.0255. The summed E-state index contributed by atoms with van der Waals surface area (Å²) in [5, 5.41) is 0. The van der Waals surface area contributed by atoms with Crippen LogP contribution in [0.15, 0.2) is 0 Å². The van der Waals surface area contributed by atoms with Gasteiger partial charge < -0.3 is 9.31 Å². The van der Waals surface area contributed by atoms with Crippen molar-refractivity contribution < 1.29 is 9.31 Å². The third kappa shape index (κ3) is 1.84. The Hall–Kier alpha value is -0.0151. The maximum Gasteiger partial charge on any atom is 0.453 e. The largest absolute Gasteiger partial charge is 0.453 e. The van der Waals surface area contributed by atoms with Crippen LogP contribution in [0.4, 0.5) is 0 Å². The third-order valence-electron chi connectivity index (χ3n) is 1.24. The minimum atomic E-state index is 0.0255. The van der Waals surface area contributed by atoms with Gasteiger partial charge in [0.15, 0.2) is 0 Å². The van der Waals surface area contributed by atoms with Crippen LogP contribution in [0, 0.1) is 0 Å². The van der Waals surface area contributed by atoms with Crippen LogP contribution in [-0.2, 0) is 9.31 Å². The second-order valence-electron chi connectivity index (χ2n) is 2.02. The summed E-state index contributed by atoms with van der Waals surface area (Å²) in [6.07, 6.45) is 2.29. The Kier molecular flexibility index (Phi) is 2.37.